The van der Waals surface area contributed by atoms with Gasteiger partial charge in [0, 0.05) is 13.0 Å². The summed E-state index contributed by atoms with van der Waals surface area (Å²) in [6, 6.07) is 6.97. The van der Waals surface area contributed by atoms with E-state index in [1.807, 2.05) is 0 Å². The number of sulfonamides is 1. The van der Waals surface area contributed by atoms with Crippen LogP contribution in [-0.4, -0.2) is 28.0 Å². The van der Waals surface area contributed by atoms with Crippen LogP contribution in [0.4, 0.5) is 11.4 Å². The fourth-order valence-corrected chi connectivity index (χ4v) is 4.50. The highest BCUT2D eigenvalue weighted by atomic mass is 35.5. The lowest BCUT2D eigenvalue weighted by Gasteiger charge is -2.20. The Balaban J connectivity index is 2.00. The molecule has 0 bridgehead atoms. The van der Waals surface area contributed by atoms with Crippen molar-refractivity contribution in [2.75, 3.05) is 23.3 Å². The van der Waals surface area contributed by atoms with E-state index >= 15 is 0 Å². The van der Waals surface area contributed by atoms with Crippen LogP contribution in [0.5, 0.6) is 5.75 Å². The standard InChI is InChI=1S/C17H15Cl3N2O4S/c1-26-16-5-4-10(7-15(16)22-6-2-3-17(22)23)27(24,25)21-14-9-12(19)11(18)8-13(14)20/h4-5,7-9,21H,2-3,6H2,1H3. The summed E-state index contributed by atoms with van der Waals surface area (Å²) in [6.45, 7) is 0.505. The molecule has 0 saturated carbocycles. The number of benzene rings is 2. The molecule has 1 saturated heterocycles. The van der Waals surface area contributed by atoms with E-state index in [1.54, 1.807) is 0 Å². The van der Waals surface area contributed by atoms with Gasteiger partial charge < -0.3 is 9.64 Å². The fourth-order valence-electron chi connectivity index (χ4n) is 2.76. The van der Waals surface area contributed by atoms with Crippen LogP contribution >= 0.6 is 34.8 Å². The SMILES string of the molecule is COc1ccc(S(=O)(=O)Nc2cc(Cl)c(Cl)cc2Cl)cc1N1CCCC1=O. The molecule has 1 amide bonds. The quantitative estimate of drug-likeness (QED) is 0.678. The third-order valence-corrected chi connectivity index (χ3v) is 6.48. The van der Waals surface area contributed by atoms with Crippen LogP contribution in [0, 0.1) is 0 Å². The Morgan fingerprint density at radius 1 is 1.07 bits per heavy atom. The smallest absolute Gasteiger partial charge is 0.262 e. The number of hydrogen-bond donors (Lipinski definition) is 1. The molecule has 10 heteroatoms. The van der Waals surface area contributed by atoms with Crippen molar-refractivity contribution in [3.05, 3.63) is 45.4 Å². The molecule has 3 rings (SSSR count). The summed E-state index contributed by atoms with van der Waals surface area (Å²) in [5.41, 5.74) is 0.504. The maximum Gasteiger partial charge on any atom is 0.262 e. The molecule has 2 aromatic rings. The first kappa shape index (κ1) is 20.1. The van der Waals surface area contributed by atoms with Gasteiger partial charge in [-0.1, -0.05) is 34.8 Å². The Morgan fingerprint density at radius 2 is 1.78 bits per heavy atom. The topological polar surface area (TPSA) is 75.7 Å². The van der Waals surface area contributed by atoms with Crippen molar-refractivity contribution in [3.63, 3.8) is 0 Å². The van der Waals surface area contributed by atoms with Crippen molar-refractivity contribution in [2.24, 2.45) is 0 Å². The molecule has 0 spiro atoms. The van der Waals surface area contributed by atoms with E-state index < -0.39 is 10.0 Å². The zero-order valence-corrected chi connectivity index (χ0v) is 17.2. The highest BCUT2D eigenvalue weighted by molar-refractivity contribution is 7.92. The molecular weight excluding hydrogens is 435 g/mol. The minimum Gasteiger partial charge on any atom is -0.495 e. The van der Waals surface area contributed by atoms with E-state index in [0.29, 0.717) is 30.8 Å². The second kappa shape index (κ2) is 7.75. The lowest BCUT2D eigenvalue weighted by molar-refractivity contribution is -0.117. The van der Waals surface area contributed by atoms with E-state index in [1.165, 1.54) is 42.3 Å². The summed E-state index contributed by atoms with van der Waals surface area (Å²) >= 11 is 17.9. The number of nitrogens with zero attached hydrogens (tertiary/aromatic N) is 1. The maximum atomic E-state index is 12.8. The molecule has 27 heavy (non-hydrogen) atoms. The third kappa shape index (κ3) is 4.11. The van der Waals surface area contributed by atoms with Gasteiger partial charge in [-0.15, -0.1) is 0 Å². The van der Waals surface area contributed by atoms with Crippen LogP contribution in [0.15, 0.2) is 35.2 Å². The summed E-state index contributed by atoms with van der Waals surface area (Å²) in [7, 11) is -2.53. The Hall–Kier alpha value is -1.67. The summed E-state index contributed by atoms with van der Waals surface area (Å²) < 4.78 is 33.3. The summed E-state index contributed by atoms with van der Waals surface area (Å²) in [4.78, 5) is 13.5. The first-order valence-electron chi connectivity index (χ1n) is 7.88. The van der Waals surface area contributed by atoms with Gasteiger partial charge in [0.15, 0.2) is 0 Å². The number of hydrogen-bond acceptors (Lipinski definition) is 4. The highest BCUT2D eigenvalue weighted by Crippen LogP contribution is 2.36. The monoisotopic (exact) mass is 448 g/mol. The molecule has 0 aliphatic carbocycles. The van der Waals surface area contributed by atoms with Gasteiger partial charge in [-0.05, 0) is 36.8 Å². The van der Waals surface area contributed by atoms with E-state index in [-0.39, 0.29) is 31.6 Å². The molecule has 6 nitrogen and oxygen atoms in total. The molecule has 0 atom stereocenters. The minimum atomic E-state index is -3.99. The van der Waals surface area contributed by atoms with Gasteiger partial charge in [-0.2, -0.15) is 0 Å². The molecule has 1 N–H and O–H groups in total. The molecular formula is C17H15Cl3N2O4S. The predicted molar refractivity (Wildman–Crippen MR) is 107 cm³/mol. The van der Waals surface area contributed by atoms with Crippen LogP contribution < -0.4 is 14.4 Å². The Labute approximate surface area is 172 Å². The largest absolute Gasteiger partial charge is 0.495 e. The van der Waals surface area contributed by atoms with E-state index in [2.05, 4.69) is 4.72 Å². The number of rotatable bonds is 5. The Kier molecular flexibility index (Phi) is 5.76. The number of nitrogens with one attached hydrogen (secondary N) is 1. The molecule has 1 heterocycles. The summed E-state index contributed by atoms with van der Waals surface area (Å²) in [5, 5.41) is 0.483. The van der Waals surface area contributed by atoms with Crippen molar-refractivity contribution >= 4 is 62.1 Å². The number of ether oxygens (including phenoxy) is 1. The average Bonchev–Trinajstić information content (AvgIpc) is 3.04. The fraction of sp³-hybridized carbons (Fsp3) is 0.235. The van der Waals surface area contributed by atoms with Crippen molar-refractivity contribution in [3.8, 4) is 5.75 Å². The van der Waals surface area contributed by atoms with Gasteiger partial charge in [-0.25, -0.2) is 8.42 Å². The number of carbonyl (C=O) groups is 1. The van der Waals surface area contributed by atoms with E-state index in [9.17, 15) is 13.2 Å². The van der Waals surface area contributed by atoms with Crippen molar-refractivity contribution in [1.29, 1.82) is 0 Å². The first-order chi connectivity index (χ1) is 12.7. The number of anilines is 2. The van der Waals surface area contributed by atoms with Crippen LogP contribution in [0.2, 0.25) is 15.1 Å². The molecule has 1 aliphatic rings. The zero-order valence-electron chi connectivity index (χ0n) is 14.1. The van der Waals surface area contributed by atoms with E-state index in [4.69, 9.17) is 39.5 Å². The van der Waals surface area contributed by atoms with Crippen LogP contribution in [0.3, 0.4) is 0 Å². The predicted octanol–water partition coefficient (Wildman–Crippen LogP) is 4.58. The van der Waals surface area contributed by atoms with Gasteiger partial charge >= 0.3 is 0 Å². The molecule has 144 valence electrons. The van der Waals surface area contributed by atoms with Crippen LogP contribution in [0.1, 0.15) is 12.8 Å². The highest BCUT2D eigenvalue weighted by Gasteiger charge is 2.27. The van der Waals surface area contributed by atoms with Crippen LogP contribution in [-0.2, 0) is 14.8 Å². The van der Waals surface area contributed by atoms with Gasteiger partial charge in [0.25, 0.3) is 10.0 Å². The maximum absolute atomic E-state index is 12.8. The number of amides is 1. The van der Waals surface area contributed by atoms with Gasteiger partial charge in [0.1, 0.15) is 5.75 Å². The molecule has 1 aliphatic heterocycles. The normalized spacial score (nSPS) is 14.5. The zero-order chi connectivity index (χ0) is 19.8. The van der Waals surface area contributed by atoms with E-state index in [0.717, 1.165) is 0 Å². The summed E-state index contributed by atoms with van der Waals surface area (Å²) in [6.07, 6.45) is 1.12. The Bertz CT molecular complexity index is 1010. The third-order valence-electron chi connectivity index (χ3n) is 4.08. The average molecular weight is 450 g/mol. The lowest BCUT2D eigenvalue weighted by Crippen LogP contribution is -2.25. The summed E-state index contributed by atoms with van der Waals surface area (Å²) in [5.74, 6) is 0.333. The van der Waals surface area contributed by atoms with Gasteiger partial charge in [0.2, 0.25) is 5.91 Å². The lowest BCUT2D eigenvalue weighted by atomic mass is 10.2. The van der Waals surface area contributed by atoms with Crippen molar-refractivity contribution in [2.45, 2.75) is 17.7 Å². The molecule has 0 radical (unpaired) electrons. The van der Waals surface area contributed by atoms with Crippen molar-refractivity contribution in [1.82, 2.24) is 0 Å². The second-order valence-corrected chi connectivity index (χ2v) is 8.74. The molecule has 2 aromatic carbocycles. The van der Waals surface area contributed by atoms with Crippen LogP contribution in [0.25, 0.3) is 0 Å². The number of carbonyl (C=O) groups excluding carboxylic acids is 1. The van der Waals surface area contributed by atoms with Gasteiger partial charge in [0.05, 0.1) is 38.4 Å². The minimum absolute atomic E-state index is 0.0415. The molecule has 0 aromatic heterocycles. The molecule has 1 fully saturated rings. The van der Waals surface area contributed by atoms with Gasteiger partial charge in [-0.3, -0.25) is 9.52 Å². The number of halogens is 3. The first-order valence-corrected chi connectivity index (χ1v) is 10.5. The Morgan fingerprint density at radius 3 is 2.41 bits per heavy atom. The number of methoxy groups -OCH3 is 1. The second-order valence-electron chi connectivity index (χ2n) is 5.83. The van der Waals surface area contributed by atoms with Crippen molar-refractivity contribution < 1.29 is 17.9 Å². The molecule has 0 unspecified atom stereocenters.